The summed E-state index contributed by atoms with van der Waals surface area (Å²) in [5.41, 5.74) is 0.745. The highest BCUT2D eigenvalue weighted by Gasteiger charge is 2.65. The molecule has 1 saturated carbocycles. The van der Waals surface area contributed by atoms with Gasteiger partial charge in [0.2, 0.25) is 0 Å². The number of likely N-dealkylation sites (N-methyl/N-ethyl adjacent to an activating group) is 1. The Morgan fingerprint density at radius 3 is 2.71 bits per heavy atom. The minimum atomic E-state index is -0.478. The Bertz CT molecular complexity index is 499. The lowest BCUT2D eigenvalue weighted by molar-refractivity contribution is -0.127. The topological polar surface area (TPSA) is 32.7 Å². The number of thioether (sulfide) groups is 1. The van der Waals surface area contributed by atoms with Crippen molar-refractivity contribution in [2.24, 2.45) is 4.99 Å². The van der Waals surface area contributed by atoms with E-state index in [4.69, 9.17) is 0 Å². The van der Waals surface area contributed by atoms with Crippen LogP contribution in [-0.2, 0) is 4.79 Å². The number of carbonyl (C=O) groups excluding carboxylic acids is 1. The Labute approximate surface area is 105 Å². The van der Waals surface area contributed by atoms with Crippen LogP contribution in [0.2, 0.25) is 0 Å². The van der Waals surface area contributed by atoms with Gasteiger partial charge >= 0.3 is 0 Å². The van der Waals surface area contributed by atoms with Gasteiger partial charge in [-0.25, -0.2) is 4.99 Å². The Kier molecular flexibility index (Phi) is 2.30. The fraction of sp³-hybridized carbons (Fsp3) is 0.385. The van der Waals surface area contributed by atoms with Gasteiger partial charge in [0.1, 0.15) is 5.54 Å². The van der Waals surface area contributed by atoms with Gasteiger partial charge in [-0.15, -0.1) is 0 Å². The number of aliphatic imine (C=N–C) groups is 1. The van der Waals surface area contributed by atoms with E-state index in [1.54, 1.807) is 4.90 Å². The summed E-state index contributed by atoms with van der Waals surface area (Å²) >= 11 is 1.54. The zero-order valence-corrected chi connectivity index (χ0v) is 10.7. The molecule has 1 spiro atoms. The van der Waals surface area contributed by atoms with Gasteiger partial charge in [0.05, 0.1) is 0 Å². The monoisotopic (exact) mass is 246 g/mol. The summed E-state index contributed by atoms with van der Waals surface area (Å²) in [5.74, 6) is 0.416. The summed E-state index contributed by atoms with van der Waals surface area (Å²) < 4.78 is 0. The fourth-order valence-electron chi connectivity index (χ4n) is 2.54. The molecular formula is C13H14N2OS. The molecule has 17 heavy (non-hydrogen) atoms. The average Bonchev–Trinajstić information content (AvgIpc) is 3.05. The first-order valence-corrected chi connectivity index (χ1v) is 6.88. The van der Waals surface area contributed by atoms with Crippen molar-refractivity contribution in [2.75, 3.05) is 13.3 Å². The summed E-state index contributed by atoms with van der Waals surface area (Å²) in [6.45, 7) is 0. The highest BCUT2D eigenvalue weighted by molar-refractivity contribution is 8.13. The van der Waals surface area contributed by atoms with Gasteiger partial charge in [0, 0.05) is 13.0 Å². The van der Waals surface area contributed by atoms with E-state index >= 15 is 0 Å². The number of amides is 1. The number of amidine groups is 1. The first kappa shape index (κ1) is 10.8. The first-order valence-electron chi connectivity index (χ1n) is 5.66. The largest absolute Gasteiger partial charge is 0.293 e. The SMILES string of the molecule is CSC1=N[C@@]2(C[C@@H]2c2ccccc2)C(=O)N1C. The molecular weight excluding hydrogens is 232 g/mol. The van der Waals surface area contributed by atoms with Crippen molar-refractivity contribution in [3.63, 3.8) is 0 Å². The molecule has 1 aromatic carbocycles. The lowest BCUT2D eigenvalue weighted by atomic mass is 10.1. The highest BCUT2D eigenvalue weighted by Crippen LogP contribution is 2.57. The van der Waals surface area contributed by atoms with Crippen molar-refractivity contribution in [3.05, 3.63) is 35.9 Å². The van der Waals surface area contributed by atoms with Gasteiger partial charge in [0.25, 0.3) is 5.91 Å². The van der Waals surface area contributed by atoms with E-state index in [1.807, 2.05) is 31.5 Å². The molecule has 4 heteroatoms. The molecule has 0 unspecified atom stereocenters. The number of benzene rings is 1. The minimum absolute atomic E-state index is 0.149. The molecule has 1 aliphatic carbocycles. The van der Waals surface area contributed by atoms with Crippen LogP contribution in [0.1, 0.15) is 17.9 Å². The number of carbonyl (C=O) groups is 1. The second-order valence-corrected chi connectivity index (χ2v) is 5.33. The molecule has 1 amide bonds. The van der Waals surface area contributed by atoms with Crippen LogP contribution in [0.5, 0.6) is 0 Å². The summed E-state index contributed by atoms with van der Waals surface area (Å²) in [6, 6.07) is 10.2. The quantitative estimate of drug-likeness (QED) is 0.760. The van der Waals surface area contributed by atoms with Crippen molar-refractivity contribution >= 4 is 22.8 Å². The van der Waals surface area contributed by atoms with E-state index in [-0.39, 0.29) is 11.8 Å². The van der Waals surface area contributed by atoms with E-state index in [0.29, 0.717) is 0 Å². The zero-order valence-electron chi connectivity index (χ0n) is 9.88. The Balaban J connectivity index is 1.93. The van der Waals surface area contributed by atoms with E-state index < -0.39 is 5.54 Å². The molecule has 0 bridgehead atoms. The molecule has 0 N–H and O–H groups in total. The van der Waals surface area contributed by atoms with Gasteiger partial charge in [0.15, 0.2) is 5.17 Å². The maximum absolute atomic E-state index is 12.2. The number of hydrogen-bond acceptors (Lipinski definition) is 3. The summed E-state index contributed by atoms with van der Waals surface area (Å²) in [4.78, 5) is 18.6. The van der Waals surface area contributed by atoms with Crippen LogP contribution in [0.4, 0.5) is 0 Å². The van der Waals surface area contributed by atoms with Crippen molar-refractivity contribution in [2.45, 2.75) is 17.9 Å². The van der Waals surface area contributed by atoms with Crippen molar-refractivity contribution in [1.82, 2.24) is 4.90 Å². The van der Waals surface area contributed by atoms with Crippen LogP contribution in [-0.4, -0.2) is 34.8 Å². The Morgan fingerprint density at radius 2 is 2.12 bits per heavy atom. The third-order valence-electron chi connectivity index (χ3n) is 3.57. The number of rotatable bonds is 1. The molecule has 1 heterocycles. The Morgan fingerprint density at radius 1 is 1.41 bits per heavy atom. The normalized spacial score (nSPS) is 30.9. The third kappa shape index (κ3) is 1.43. The molecule has 88 valence electrons. The second-order valence-electron chi connectivity index (χ2n) is 4.55. The summed E-state index contributed by atoms with van der Waals surface area (Å²) in [7, 11) is 1.81. The third-order valence-corrected chi connectivity index (χ3v) is 4.30. The molecule has 1 aromatic rings. The second kappa shape index (κ2) is 3.60. The molecule has 3 nitrogen and oxygen atoms in total. The highest BCUT2D eigenvalue weighted by atomic mass is 32.2. The van der Waals surface area contributed by atoms with Gasteiger partial charge in [-0.1, -0.05) is 42.1 Å². The van der Waals surface area contributed by atoms with Crippen LogP contribution in [0.3, 0.4) is 0 Å². The molecule has 0 aromatic heterocycles. The Hall–Kier alpha value is -1.29. The molecule has 1 fully saturated rings. The molecule has 1 aliphatic heterocycles. The zero-order chi connectivity index (χ0) is 12.0. The maximum Gasteiger partial charge on any atom is 0.256 e. The van der Waals surface area contributed by atoms with E-state index in [2.05, 4.69) is 17.1 Å². The fourth-order valence-corrected chi connectivity index (χ4v) is 3.16. The van der Waals surface area contributed by atoms with E-state index in [0.717, 1.165) is 11.6 Å². The number of hydrogen-bond donors (Lipinski definition) is 0. The molecule has 2 aliphatic rings. The molecule has 3 rings (SSSR count). The summed E-state index contributed by atoms with van der Waals surface area (Å²) in [6.07, 6.45) is 2.81. The maximum atomic E-state index is 12.2. The van der Waals surface area contributed by atoms with Crippen molar-refractivity contribution < 1.29 is 4.79 Å². The van der Waals surface area contributed by atoms with Crippen molar-refractivity contribution in [3.8, 4) is 0 Å². The van der Waals surface area contributed by atoms with E-state index in [1.165, 1.54) is 17.3 Å². The van der Waals surface area contributed by atoms with Crippen LogP contribution in [0.15, 0.2) is 35.3 Å². The predicted molar refractivity (Wildman–Crippen MR) is 70.3 cm³/mol. The predicted octanol–water partition coefficient (Wildman–Crippen LogP) is 2.10. The minimum Gasteiger partial charge on any atom is -0.293 e. The van der Waals surface area contributed by atoms with Crippen LogP contribution >= 0.6 is 11.8 Å². The first-order chi connectivity index (χ1) is 8.19. The lowest BCUT2D eigenvalue weighted by Gasteiger charge is -2.10. The van der Waals surface area contributed by atoms with Crippen molar-refractivity contribution in [1.29, 1.82) is 0 Å². The van der Waals surface area contributed by atoms with E-state index in [9.17, 15) is 4.79 Å². The molecule has 0 radical (unpaired) electrons. The molecule has 2 atom stereocenters. The standard InChI is InChI=1S/C13H14N2OS/c1-15-11(16)13(14-12(15)17-2)8-10(13)9-6-4-3-5-7-9/h3-7,10H,8H2,1-2H3/t10-,13-/m1/s1. The summed E-state index contributed by atoms with van der Waals surface area (Å²) in [5, 5.41) is 0.841. The average molecular weight is 246 g/mol. The van der Waals surface area contributed by atoms with Crippen LogP contribution in [0, 0.1) is 0 Å². The lowest BCUT2D eigenvalue weighted by Crippen LogP contribution is -2.32. The van der Waals surface area contributed by atoms with Crippen LogP contribution < -0.4 is 0 Å². The van der Waals surface area contributed by atoms with Gasteiger partial charge in [-0.2, -0.15) is 0 Å². The smallest absolute Gasteiger partial charge is 0.256 e. The van der Waals surface area contributed by atoms with Crippen LogP contribution in [0.25, 0.3) is 0 Å². The van der Waals surface area contributed by atoms with Gasteiger partial charge in [-0.3, -0.25) is 9.69 Å². The number of nitrogens with zero attached hydrogens (tertiary/aromatic N) is 2. The van der Waals surface area contributed by atoms with Gasteiger partial charge in [-0.05, 0) is 18.2 Å². The molecule has 0 saturated heterocycles. The van der Waals surface area contributed by atoms with Gasteiger partial charge < -0.3 is 0 Å².